The summed E-state index contributed by atoms with van der Waals surface area (Å²) >= 11 is 0. The van der Waals surface area contributed by atoms with Crippen molar-refractivity contribution in [3.05, 3.63) is 29.8 Å². The molecule has 24 heavy (non-hydrogen) atoms. The Kier molecular flexibility index (Phi) is 10.1. The van der Waals surface area contributed by atoms with Crippen LogP contribution in [0.25, 0.3) is 0 Å². The van der Waals surface area contributed by atoms with E-state index in [1.165, 1.54) is 12.1 Å². The summed E-state index contributed by atoms with van der Waals surface area (Å²) in [6.45, 7) is 5.49. The van der Waals surface area contributed by atoms with Crippen LogP contribution in [0.3, 0.4) is 0 Å². The van der Waals surface area contributed by atoms with Gasteiger partial charge in [-0.15, -0.1) is 0 Å². The van der Waals surface area contributed by atoms with Gasteiger partial charge in [0.1, 0.15) is 0 Å². The van der Waals surface area contributed by atoms with Gasteiger partial charge in [0.05, 0.1) is 57.2 Å². The Morgan fingerprint density at radius 3 is 2.08 bits per heavy atom. The average Bonchev–Trinajstić information content (AvgIpc) is 2.53. The highest BCUT2D eigenvalue weighted by molar-refractivity contribution is 7.86. The molecule has 0 saturated carbocycles. The molecule has 8 heteroatoms. The summed E-state index contributed by atoms with van der Waals surface area (Å²) in [7, 11) is -3.78. The SMILES string of the molecule is Cc1ccc(S(=O)(=O)OC(C)COCCOCCOCCO)cc1. The van der Waals surface area contributed by atoms with E-state index in [-0.39, 0.29) is 18.1 Å². The molecule has 1 N–H and O–H groups in total. The lowest BCUT2D eigenvalue weighted by atomic mass is 10.2. The first-order chi connectivity index (χ1) is 11.5. The first kappa shape index (κ1) is 21.0. The molecule has 1 aromatic rings. The highest BCUT2D eigenvalue weighted by Gasteiger charge is 2.18. The smallest absolute Gasteiger partial charge is 0.297 e. The Bertz CT molecular complexity index is 542. The molecule has 0 aliphatic carbocycles. The van der Waals surface area contributed by atoms with Gasteiger partial charge in [0.15, 0.2) is 0 Å². The van der Waals surface area contributed by atoms with Gasteiger partial charge in [0.25, 0.3) is 10.1 Å². The van der Waals surface area contributed by atoms with E-state index in [0.717, 1.165) is 5.56 Å². The molecule has 138 valence electrons. The van der Waals surface area contributed by atoms with E-state index in [9.17, 15) is 8.42 Å². The number of hydrogen-bond acceptors (Lipinski definition) is 7. The van der Waals surface area contributed by atoms with E-state index in [1.54, 1.807) is 19.1 Å². The number of aliphatic hydroxyl groups excluding tert-OH is 1. The van der Waals surface area contributed by atoms with E-state index in [0.29, 0.717) is 33.0 Å². The number of ether oxygens (including phenoxy) is 3. The quantitative estimate of drug-likeness (QED) is 0.415. The van der Waals surface area contributed by atoms with Crippen molar-refractivity contribution < 1.29 is 31.9 Å². The highest BCUT2D eigenvalue weighted by Crippen LogP contribution is 2.15. The molecule has 0 amide bonds. The Morgan fingerprint density at radius 1 is 0.958 bits per heavy atom. The van der Waals surface area contributed by atoms with E-state index in [2.05, 4.69) is 0 Å². The van der Waals surface area contributed by atoms with Gasteiger partial charge in [0.2, 0.25) is 0 Å². The van der Waals surface area contributed by atoms with Crippen LogP contribution in [0.1, 0.15) is 12.5 Å². The van der Waals surface area contributed by atoms with Crippen LogP contribution in [0, 0.1) is 6.92 Å². The van der Waals surface area contributed by atoms with Gasteiger partial charge in [-0.2, -0.15) is 8.42 Å². The Labute approximate surface area is 143 Å². The minimum atomic E-state index is -3.78. The van der Waals surface area contributed by atoms with Crippen LogP contribution in [0.15, 0.2) is 29.2 Å². The first-order valence-corrected chi connectivity index (χ1v) is 9.20. The molecule has 1 aromatic carbocycles. The van der Waals surface area contributed by atoms with Crippen LogP contribution in [0.4, 0.5) is 0 Å². The molecular weight excluding hydrogens is 336 g/mol. The number of rotatable bonds is 13. The van der Waals surface area contributed by atoms with Crippen LogP contribution in [0.2, 0.25) is 0 Å². The number of hydrogen-bond donors (Lipinski definition) is 1. The summed E-state index contributed by atoms with van der Waals surface area (Å²) in [5.74, 6) is 0. The maximum absolute atomic E-state index is 12.1. The average molecular weight is 362 g/mol. The summed E-state index contributed by atoms with van der Waals surface area (Å²) in [5.41, 5.74) is 0.979. The van der Waals surface area contributed by atoms with Gasteiger partial charge in [-0.05, 0) is 26.0 Å². The van der Waals surface area contributed by atoms with Gasteiger partial charge in [-0.3, -0.25) is 4.18 Å². The normalized spacial score (nSPS) is 13.1. The van der Waals surface area contributed by atoms with Crippen molar-refractivity contribution in [2.75, 3.05) is 46.2 Å². The summed E-state index contributed by atoms with van der Waals surface area (Å²) < 4.78 is 44.9. The zero-order chi connectivity index (χ0) is 17.8. The molecule has 0 aliphatic rings. The minimum Gasteiger partial charge on any atom is -0.394 e. The fourth-order valence-electron chi connectivity index (χ4n) is 1.76. The predicted octanol–water partition coefficient (Wildman–Crippen LogP) is 1.13. The van der Waals surface area contributed by atoms with Crippen LogP contribution in [0.5, 0.6) is 0 Å². The summed E-state index contributed by atoms with van der Waals surface area (Å²) in [5, 5.41) is 8.52. The predicted molar refractivity (Wildman–Crippen MR) is 88.5 cm³/mol. The van der Waals surface area contributed by atoms with Crippen molar-refractivity contribution in [2.24, 2.45) is 0 Å². The van der Waals surface area contributed by atoms with Crippen molar-refractivity contribution in [2.45, 2.75) is 24.8 Å². The molecule has 0 aliphatic heterocycles. The molecule has 0 fully saturated rings. The molecule has 0 bridgehead atoms. The maximum Gasteiger partial charge on any atom is 0.297 e. The van der Waals surface area contributed by atoms with Gasteiger partial charge >= 0.3 is 0 Å². The zero-order valence-corrected chi connectivity index (χ0v) is 15.0. The van der Waals surface area contributed by atoms with Crippen molar-refractivity contribution in [1.82, 2.24) is 0 Å². The largest absolute Gasteiger partial charge is 0.394 e. The Balaban J connectivity index is 2.17. The molecule has 1 rings (SSSR count). The number of aryl methyl sites for hydroxylation is 1. The second kappa shape index (κ2) is 11.5. The van der Waals surface area contributed by atoms with E-state index in [4.69, 9.17) is 23.5 Å². The Morgan fingerprint density at radius 2 is 1.50 bits per heavy atom. The van der Waals surface area contributed by atoms with Crippen LogP contribution >= 0.6 is 0 Å². The molecule has 1 atom stereocenters. The molecule has 0 saturated heterocycles. The van der Waals surface area contributed by atoms with E-state index in [1.807, 2.05) is 6.92 Å². The zero-order valence-electron chi connectivity index (χ0n) is 14.1. The van der Waals surface area contributed by atoms with Gasteiger partial charge < -0.3 is 19.3 Å². The van der Waals surface area contributed by atoms with Gasteiger partial charge in [-0.1, -0.05) is 17.7 Å². The van der Waals surface area contributed by atoms with Crippen LogP contribution in [-0.2, 0) is 28.5 Å². The summed E-state index contributed by atoms with van der Waals surface area (Å²) in [4.78, 5) is 0.131. The third-order valence-corrected chi connectivity index (χ3v) is 4.36. The molecule has 0 radical (unpaired) electrons. The van der Waals surface area contributed by atoms with Crippen molar-refractivity contribution in [3.8, 4) is 0 Å². The van der Waals surface area contributed by atoms with Crippen LogP contribution in [-0.4, -0.2) is 65.9 Å². The highest BCUT2D eigenvalue weighted by atomic mass is 32.2. The lowest BCUT2D eigenvalue weighted by Gasteiger charge is -2.13. The molecule has 0 spiro atoms. The standard InChI is InChI=1S/C16H26O7S/c1-14-3-5-16(6-4-14)24(18,19)23-15(2)13-22-12-11-21-10-9-20-8-7-17/h3-6,15,17H,7-13H2,1-2H3. The maximum atomic E-state index is 12.1. The number of aliphatic hydroxyl groups is 1. The topological polar surface area (TPSA) is 91.3 Å². The summed E-state index contributed by atoms with van der Waals surface area (Å²) in [6, 6.07) is 6.48. The third kappa shape index (κ3) is 8.72. The molecule has 1 unspecified atom stereocenters. The Hall–Kier alpha value is -1.03. The van der Waals surface area contributed by atoms with Crippen molar-refractivity contribution >= 4 is 10.1 Å². The van der Waals surface area contributed by atoms with Crippen molar-refractivity contribution in [1.29, 1.82) is 0 Å². The van der Waals surface area contributed by atoms with Crippen LogP contribution < -0.4 is 0 Å². The molecule has 0 aromatic heterocycles. The summed E-state index contributed by atoms with van der Waals surface area (Å²) in [6.07, 6.45) is -0.593. The first-order valence-electron chi connectivity index (χ1n) is 7.80. The van der Waals surface area contributed by atoms with Crippen molar-refractivity contribution in [3.63, 3.8) is 0 Å². The third-order valence-electron chi connectivity index (χ3n) is 2.93. The number of benzene rings is 1. The minimum absolute atomic E-state index is 0.00744. The van der Waals surface area contributed by atoms with Gasteiger partial charge in [0, 0.05) is 0 Å². The lowest BCUT2D eigenvalue weighted by molar-refractivity contribution is -0.00483. The monoisotopic (exact) mass is 362 g/mol. The second-order valence-electron chi connectivity index (χ2n) is 5.20. The van der Waals surface area contributed by atoms with Gasteiger partial charge in [-0.25, -0.2) is 0 Å². The molecular formula is C16H26O7S. The molecule has 0 heterocycles. The second-order valence-corrected chi connectivity index (χ2v) is 6.77. The fourth-order valence-corrected chi connectivity index (χ4v) is 2.83. The molecule has 7 nitrogen and oxygen atoms in total. The van der Waals surface area contributed by atoms with E-state index >= 15 is 0 Å². The lowest BCUT2D eigenvalue weighted by Crippen LogP contribution is -2.22. The fraction of sp³-hybridized carbons (Fsp3) is 0.625. The van der Waals surface area contributed by atoms with E-state index < -0.39 is 16.2 Å².